The minimum atomic E-state index is -3.15. The maximum Gasteiger partial charge on any atom is 0.222 e. The van der Waals surface area contributed by atoms with Gasteiger partial charge in [-0.1, -0.05) is 6.92 Å². The lowest BCUT2D eigenvalue weighted by Crippen LogP contribution is -2.48. The van der Waals surface area contributed by atoms with Crippen LogP contribution in [0.25, 0.3) is 0 Å². The largest absolute Gasteiger partial charge is 0.343 e. The number of likely N-dealkylation sites (tertiary alicyclic amines) is 1. The molecule has 1 N–H and O–H groups in total. The van der Waals surface area contributed by atoms with Gasteiger partial charge in [-0.2, -0.15) is 4.31 Å². The van der Waals surface area contributed by atoms with Crippen molar-refractivity contribution in [1.29, 1.82) is 0 Å². The molecule has 0 aromatic carbocycles. The van der Waals surface area contributed by atoms with Gasteiger partial charge in [0, 0.05) is 32.1 Å². The lowest BCUT2D eigenvalue weighted by Gasteiger charge is -2.37. The van der Waals surface area contributed by atoms with Gasteiger partial charge in [0.2, 0.25) is 15.9 Å². The predicted molar refractivity (Wildman–Crippen MR) is 98.9 cm³/mol. The molecule has 2 heterocycles. The number of hydrogen-bond donors (Lipinski definition) is 1. The Kier molecular flexibility index (Phi) is 8.98. The van der Waals surface area contributed by atoms with Gasteiger partial charge in [-0.05, 0) is 51.1 Å². The van der Waals surface area contributed by atoms with E-state index in [-0.39, 0.29) is 24.4 Å². The second kappa shape index (κ2) is 9.94. The molecule has 0 atom stereocenters. The third kappa shape index (κ3) is 6.17. The molecule has 0 aromatic heterocycles. The normalized spacial score (nSPS) is 20.9. The monoisotopic (exact) mass is 381 g/mol. The first-order chi connectivity index (χ1) is 10.9. The molecule has 2 fully saturated rings. The topological polar surface area (TPSA) is 69.7 Å². The molecule has 2 rings (SSSR count). The summed E-state index contributed by atoms with van der Waals surface area (Å²) >= 11 is 0. The fourth-order valence-corrected chi connectivity index (χ4v) is 5.04. The molecule has 0 aromatic rings. The number of piperidine rings is 2. The molecule has 2 aliphatic rings. The highest BCUT2D eigenvalue weighted by molar-refractivity contribution is 7.88. The van der Waals surface area contributed by atoms with Crippen molar-refractivity contribution in [3.63, 3.8) is 0 Å². The molecular weight excluding hydrogens is 350 g/mol. The minimum Gasteiger partial charge on any atom is -0.343 e. The molecular formula is C16H32ClN3O3S. The van der Waals surface area contributed by atoms with Gasteiger partial charge in [0.25, 0.3) is 0 Å². The van der Waals surface area contributed by atoms with E-state index in [4.69, 9.17) is 0 Å². The molecule has 1 amide bonds. The summed E-state index contributed by atoms with van der Waals surface area (Å²) < 4.78 is 25.2. The maximum absolute atomic E-state index is 12.4. The number of halogens is 1. The molecule has 8 heteroatoms. The Balaban J connectivity index is 0.00000288. The highest BCUT2D eigenvalue weighted by Crippen LogP contribution is 2.22. The first-order valence-electron chi connectivity index (χ1n) is 8.87. The van der Waals surface area contributed by atoms with Crippen LogP contribution in [0.3, 0.4) is 0 Å². The van der Waals surface area contributed by atoms with E-state index in [0.717, 1.165) is 32.4 Å². The number of nitrogens with zero attached hydrogens (tertiary/aromatic N) is 2. The lowest BCUT2D eigenvalue weighted by molar-refractivity contribution is -0.132. The van der Waals surface area contributed by atoms with Crippen molar-refractivity contribution in [2.45, 2.75) is 51.5 Å². The minimum absolute atomic E-state index is 0. The van der Waals surface area contributed by atoms with Crippen molar-refractivity contribution in [2.24, 2.45) is 5.92 Å². The number of rotatable bonds is 6. The first kappa shape index (κ1) is 21.7. The lowest BCUT2D eigenvalue weighted by atomic mass is 9.93. The molecule has 0 aliphatic carbocycles. The number of amides is 1. The van der Waals surface area contributed by atoms with Crippen LogP contribution in [-0.2, 0) is 14.8 Å². The Bertz CT molecular complexity index is 487. The third-order valence-electron chi connectivity index (χ3n) is 5.19. The number of hydrogen-bond acceptors (Lipinski definition) is 4. The Morgan fingerprint density at radius 2 is 1.75 bits per heavy atom. The summed E-state index contributed by atoms with van der Waals surface area (Å²) in [4.78, 5) is 14.3. The van der Waals surface area contributed by atoms with E-state index in [2.05, 4.69) is 5.32 Å². The standard InChI is InChI=1S/C16H31N3O3S.ClH/c1-3-19(23(2,21)22)15-8-12-18(13-9-15)16(20)5-4-14-6-10-17-11-7-14;/h14-15,17H,3-13H2,1-2H3;1H. The Morgan fingerprint density at radius 1 is 1.17 bits per heavy atom. The Hall–Kier alpha value is -0.370. The number of nitrogens with one attached hydrogen (secondary N) is 1. The summed E-state index contributed by atoms with van der Waals surface area (Å²) in [5.74, 6) is 0.919. The van der Waals surface area contributed by atoms with Gasteiger partial charge in [-0.3, -0.25) is 4.79 Å². The summed E-state index contributed by atoms with van der Waals surface area (Å²) in [6.07, 6.45) is 6.75. The molecule has 0 bridgehead atoms. The van der Waals surface area contributed by atoms with Gasteiger partial charge in [0.15, 0.2) is 0 Å². The first-order valence-corrected chi connectivity index (χ1v) is 10.7. The zero-order chi connectivity index (χ0) is 16.9. The third-order valence-corrected chi connectivity index (χ3v) is 6.60. The van der Waals surface area contributed by atoms with Gasteiger partial charge < -0.3 is 10.2 Å². The summed E-state index contributed by atoms with van der Waals surface area (Å²) in [6.45, 7) is 5.89. The fraction of sp³-hybridized carbons (Fsp3) is 0.938. The molecule has 24 heavy (non-hydrogen) atoms. The summed E-state index contributed by atoms with van der Waals surface area (Å²) in [5, 5.41) is 3.35. The highest BCUT2D eigenvalue weighted by Gasteiger charge is 2.30. The molecule has 0 spiro atoms. The zero-order valence-electron chi connectivity index (χ0n) is 14.9. The second-order valence-electron chi connectivity index (χ2n) is 6.81. The quantitative estimate of drug-likeness (QED) is 0.756. The fourth-order valence-electron chi connectivity index (χ4n) is 3.82. The maximum atomic E-state index is 12.4. The molecule has 6 nitrogen and oxygen atoms in total. The van der Waals surface area contributed by atoms with Crippen LogP contribution in [0.15, 0.2) is 0 Å². The van der Waals surface area contributed by atoms with Crippen LogP contribution >= 0.6 is 12.4 Å². The average Bonchev–Trinajstić information content (AvgIpc) is 2.53. The van der Waals surface area contributed by atoms with Crippen molar-refractivity contribution >= 4 is 28.3 Å². The van der Waals surface area contributed by atoms with Crippen molar-refractivity contribution in [3.8, 4) is 0 Å². The van der Waals surface area contributed by atoms with Gasteiger partial charge in [0.05, 0.1) is 6.26 Å². The molecule has 0 unspecified atom stereocenters. The molecule has 0 saturated carbocycles. The second-order valence-corrected chi connectivity index (χ2v) is 8.75. The van der Waals surface area contributed by atoms with E-state index in [1.165, 1.54) is 19.1 Å². The van der Waals surface area contributed by atoms with Crippen molar-refractivity contribution in [2.75, 3.05) is 39.0 Å². The van der Waals surface area contributed by atoms with Gasteiger partial charge >= 0.3 is 0 Å². The molecule has 2 saturated heterocycles. The van der Waals surface area contributed by atoms with E-state index in [0.29, 0.717) is 32.0 Å². The van der Waals surface area contributed by atoms with Gasteiger partial charge in [-0.25, -0.2) is 8.42 Å². The Labute approximate surface area is 152 Å². The number of sulfonamides is 1. The van der Waals surface area contributed by atoms with E-state index >= 15 is 0 Å². The van der Waals surface area contributed by atoms with Crippen molar-refractivity contribution in [3.05, 3.63) is 0 Å². The van der Waals surface area contributed by atoms with E-state index in [1.807, 2.05) is 11.8 Å². The number of carbonyl (C=O) groups is 1. The molecule has 142 valence electrons. The van der Waals surface area contributed by atoms with Crippen molar-refractivity contribution < 1.29 is 13.2 Å². The summed E-state index contributed by atoms with van der Waals surface area (Å²) in [7, 11) is -3.15. The van der Waals surface area contributed by atoms with Crippen LogP contribution in [0, 0.1) is 5.92 Å². The van der Waals surface area contributed by atoms with E-state index in [1.54, 1.807) is 4.31 Å². The van der Waals surface area contributed by atoms with Crippen molar-refractivity contribution in [1.82, 2.24) is 14.5 Å². The smallest absolute Gasteiger partial charge is 0.222 e. The summed E-state index contributed by atoms with van der Waals surface area (Å²) in [6, 6.07) is 0.0449. The predicted octanol–water partition coefficient (Wildman–Crippen LogP) is 1.46. The van der Waals surface area contributed by atoms with Crippen LogP contribution < -0.4 is 5.32 Å². The van der Waals surface area contributed by atoms with E-state index < -0.39 is 10.0 Å². The van der Waals surface area contributed by atoms with Crippen LogP contribution in [0.4, 0.5) is 0 Å². The number of carbonyl (C=O) groups excluding carboxylic acids is 1. The average molecular weight is 382 g/mol. The van der Waals surface area contributed by atoms with E-state index in [9.17, 15) is 13.2 Å². The highest BCUT2D eigenvalue weighted by atomic mass is 35.5. The zero-order valence-corrected chi connectivity index (χ0v) is 16.5. The molecule has 0 radical (unpaired) electrons. The van der Waals surface area contributed by atoms with Crippen LogP contribution in [0.2, 0.25) is 0 Å². The SMILES string of the molecule is CCN(C1CCN(C(=O)CCC2CCNCC2)CC1)S(C)(=O)=O.Cl. The Morgan fingerprint density at radius 3 is 2.25 bits per heavy atom. The van der Waals surface area contributed by atoms with Crippen LogP contribution in [-0.4, -0.2) is 68.6 Å². The van der Waals surface area contributed by atoms with Gasteiger partial charge in [0.1, 0.15) is 0 Å². The molecule has 2 aliphatic heterocycles. The van der Waals surface area contributed by atoms with Crippen LogP contribution in [0.1, 0.15) is 45.4 Å². The van der Waals surface area contributed by atoms with Crippen LogP contribution in [0.5, 0.6) is 0 Å². The summed E-state index contributed by atoms with van der Waals surface area (Å²) in [5.41, 5.74) is 0. The van der Waals surface area contributed by atoms with Gasteiger partial charge in [-0.15, -0.1) is 12.4 Å².